The first kappa shape index (κ1) is 18.8. The van der Waals surface area contributed by atoms with E-state index in [0.29, 0.717) is 11.5 Å². The summed E-state index contributed by atoms with van der Waals surface area (Å²) < 4.78 is 10.7. The summed E-state index contributed by atoms with van der Waals surface area (Å²) in [6, 6.07) is 22.2. The quantitative estimate of drug-likeness (QED) is 0.330. The molecule has 3 aromatic carbocycles. The highest BCUT2D eigenvalue weighted by atomic mass is 16.5. The fourth-order valence-corrected chi connectivity index (χ4v) is 3.87. The van der Waals surface area contributed by atoms with E-state index >= 15 is 0 Å². The third kappa shape index (κ3) is 3.28. The molecule has 0 amide bonds. The van der Waals surface area contributed by atoms with E-state index in [1.807, 2.05) is 42.5 Å². The van der Waals surface area contributed by atoms with Crippen LogP contribution in [0.2, 0.25) is 0 Å². The summed E-state index contributed by atoms with van der Waals surface area (Å²) in [6.45, 7) is 0. The van der Waals surface area contributed by atoms with Gasteiger partial charge in [0.1, 0.15) is 5.71 Å². The Hall–Kier alpha value is -4.19. The number of benzene rings is 3. The van der Waals surface area contributed by atoms with E-state index in [0.717, 1.165) is 33.7 Å². The Morgan fingerprint density at radius 1 is 0.806 bits per heavy atom. The van der Waals surface area contributed by atoms with Crippen LogP contribution in [0.5, 0.6) is 11.5 Å². The van der Waals surface area contributed by atoms with Gasteiger partial charge in [-0.15, -0.1) is 5.10 Å². The standard InChI is InChI=1S/C25H20N4O2/c1-30-22-12-11-16(13-23(22)31-2)24-17(14-26-28-24)15-27-29-25-20-9-5-3-7-18(20)19-8-4-6-10-21(19)25/h3-15H,1-2H3,(H,26,28)/b27-15-. The summed E-state index contributed by atoms with van der Waals surface area (Å²) >= 11 is 0. The average Bonchev–Trinajstić information content (AvgIpc) is 3.42. The molecule has 0 fully saturated rings. The molecule has 152 valence electrons. The van der Waals surface area contributed by atoms with Crippen LogP contribution in [-0.2, 0) is 0 Å². The van der Waals surface area contributed by atoms with Crippen molar-refractivity contribution in [3.8, 4) is 33.9 Å². The predicted molar refractivity (Wildman–Crippen MR) is 122 cm³/mol. The Bertz CT molecular complexity index is 1270. The van der Waals surface area contributed by atoms with Gasteiger partial charge in [0.25, 0.3) is 0 Å². The molecule has 0 saturated carbocycles. The van der Waals surface area contributed by atoms with Crippen molar-refractivity contribution in [3.05, 3.63) is 89.6 Å². The van der Waals surface area contributed by atoms with Crippen LogP contribution in [0.15, 0.2) is 83.1 Å². The fourth-order valence-electron chi connectivity index (χ4n) is 3.87. The molecule has 4 aromatic rings. The first-order chi connectivity index (χ1) is 15.3. The van der Waals surface area contributed by atoms with Gasteiger partial charge in [0.15, 0.2) is 11.5 Å². The van der Waals surface area contributed by atoms with E-state index in [-0.39, 0.29) is 0 Å². The van der Waals surface area contributed by atoms with E-state index < -0.39 is 0 Å². The van der Waals surface area contributed by atoms with Crippen molar-refractivity contribution >= 4 is 11.9 Å². The Kier molecular flexibility index (Phi) is 4.80. The van der Waals surface area contributed by atoms with E-state index in [2.05, 4.69) is 44.7 Å². The summed E-state index contributed by atoms with van der Waals surface area (Å²) in [4.78, 5) is 0. The second kappa shape index (κ2) is 7.91. The van der Waals surface area contributed by atoms with Crippen LogP contribution in [0.3, 0.4) is 0 Å². The number of ether oxygens (including phenoxy) is 2. The number of nitrogens with zero attached hydrogens (tertiary/aromatic N) is 3. The van der Waals surface area contributed by atoms with Gasteiger partial charge in [-0.3, -0.25) is 5.10 Å². The fraction of sp³-hybridized carbons (Fsp3) is 0.0800. The van der Waals surface area contributed by atoms with Gasteiger partial charge >= 0.3 is 0 Å². The molecule has 0 spiro atoms. The monoisotopic (exact) mass is 408 g/mol. The molecule has 1 heterocycles. The first-order valence-corrected chi connectivity index (χ1v) is 9.86. The van der Waals surface area contributed by atoms with Crippen LogP contribution < -0.4 is 9.47 Å². The maximum absolute atomic E-state index is 5.42. The topological polar surface area (TPSA) is 71.9 Å². The third-order valence-corrected chi connectivity index (χ3v) is 5.35. The van der Waals surface area contributed by atoms with Crippen LogP contribution in [0, 0.1) is 0 Å². The van der Waals surface area contributed by atoms with Crippen LogP contribution in [-0.4, -0.2) is 36.3 Å². The van der Waals surface area contributed by atoms with Crippen LogP contribution in [0.1, 0.15) is 16.7 Å². The van der Waals surface area contributed by atoms with Crippen LogP contribution in [0.4, 0.5) is 0 Å². The second-order valence-electron chi connectivity index (χ2n) is 7.05. The van der Waals surface area contributed by atoms with Crippen molar-refractivity contribution in [1.82, 2.24) is 10.2 Å². The summed E-state index contributed by atoms with van der Waals surface area (Å²) in [6.07, 6.45) is 3.44. The number of hydrogen-bond donors (Lipinski definition) is 1. The van der Waals surface area contributed by atoms with Crippen molar-refractivity contribution in [2.45, 2.75) is 0 Å². The first-order valence-electron chi connectivity index (χ1n) is 9.86. The van der Waals surface area contributed by atoms with Crippen LogP contribution in [0.25, 0.3) is 22.4 Å². The van der Waals surface area contributed by atoms with Crippen molar-refractivity contribution in [1.29, 1.82) is 0 Å². The molecule has 0 unspecified atom stereocenters. The largest absolute Gasteiger partial charge is 0.493 e. The van der Waals surface area contributed by atoms with E-state index in [1.165, 1.54) is 11.1 Å². The predicted octanol–water partition coefficient (Wildman–Crippen LogP) is 4.95. The minimum absolute atomic E-state index is 0.650. The zero-order chi connectivity index (χ0) is 21.2. The molecule has 6 heteroatoms. The van der Waals surface area contributed by atoms with Crippen molar-refractivity contribution in [2.24, 2.45) is 10.2 Å². The minimum atomic E-state index is 0.650. The van der Waals surface area contributed by atoms with Gasteiger partial charge in [-0.25, -0.2) is 0 Å². The molecule has 0 atom stereocenters. The lowest BCUT2D eigenvalue weighted by Gasteiger charge is -2.09. The van der Waals surface area contributed by atoms with E-state index in [9.17, 15) is 0 Å². The van der Waals surface area contributed by atoms with Gasteiger partial charge < -0.3 is 9.47 Å². The molecule has 1 aromatic heterocycles. The van der Waals surface area contributed by atoms with E-state index in [4.69, 9.17) is 9.47 Å². The molecule has 0 bridgehead atoms. The number of aromatic amines is 1. The minimum Gasteiger partial charge on any atom is -0.493 e. The maximum atomic E-state index is 5.42. The maximum Gasteiger partial charge on any atom is 0.161 e. The Morgan fingerprint density at radius 3 is 2.10 bits per heavy atom. The highest BCUT2D eigenvalue weighted by Gasteiger charge is 2.23. The number of rotatable bonds is 5. The van der Waals surface area contributed by atoms with Gasteiger partial charge in [-0.1, -0.05) is 48.5 Å². The molecule has 1 N–H and O–H groups in total. The summed E-state index contributed by atoms with van der Waals surface area (Å²) in [5, 5.41) is 16.2. The lowest BCUT2D eigenvalue weighted by molar-refractivity contribution is 0.355. The van der Waals surface area contributed by atoms with Crippen molar-refractivity contribution in [2.75, 3.05) is 14.2 Å². The molecule has 0 radical (unpaired) electrons. The molecule has 6 nitrogen and oxygen atoms in total. The zero-order valence-electron chi connectivity index (χ0n) is 17.2. The molecule has 31 heavy (non-hydrogen) atoms. The lowest BCUT2D eigenvalue weighted by atomic mass is 10.1. The van der Waals surface area contributed by atoms with Gasteiger partial charge in [0.05, 0.1) is 32.3 Å². The molecular formula is C25H20N4O2. The van der Waals surface area contributed by atoms with Gasteiger partial charge in [-0.05, 0) is 29.3 Å². The Labute approximate surface area is 179 Å². The summed E-state index contributed by atoms with van der Waals surface area (Å²) in [7, 11) is 3.23. The lowest BCUT2D eigenvalue weighted by Crippen LogP contribution is -1.97. The zero-order valence-corrected chi connectivity index (χ0v) is 17.2. The Balaban J connectivity index is 1.50. The normalized spacial score (nSPS) is 12.0. The molecule has 0 aliphatic heterocycles. The van der Waals surface area contributed by atoms with Crippen molar-refractivity contribution in [3.63, 3.8) is 0 Å². The van der Waals surface area contributed by atoms with Crippen molar-refractivity contribution < 1.29 is 9.47 Å². The smallest absolute Gasteiger partial charge is 0.161 e. The number of aromatic nitrogens is 2. The third-order valence-electron chi connectivity index (χ3n) is 5.35. The summed E-state index contributed by atoms with van der Waals surface area (Å²) in [5.74, 6) is 1.32. The number of methoxy groups -OCH3 is 2. The van der Waals surface area contributed by atoms with E-state index in [1.54, 1.807) is 26.6 Å². The highest BCUT2D eigenvalue weighted by Crippen LogP contribution is 2.36. The Morgan fingerprint density at radius 2 is 1.45 bits per heavy atom. The highest BCUT2D eigenvalue weighted by molar-refractivity contribution is 6.24. The second-order valence-corrected chi connectivity index (χ2v) is 7.05. The number of H-pyrrole nitrogens is 1. The molecule has 5 rings (SSSR count). The van der Waals surface area contributed by atoms with Gasteiger partial charge in [0.2, 0.25) is 0 Å². The number of fused-ring (bicyclic) bond motifs is 3. The average molecular weight is 408 g/mol. The molecule has 0 saturated heterocycles. The molecule has 1 aliphatic carbocycles. The molecule has 1 aliphatic rings. The SMILES string of the molecule is COc1ccc(-c2[nH]ncc2/C=N\N=C2c3ccccc3-c3ccccc32)cc1OC. The summed E-state index contributed by atoms with van der Waals surface area (Å²) in [5.41, 5.74) is 8.00. The molecular weight excluding hydrogens is 388 g/mol. The number of nitrogens with one attached hydrogen (secondary N) is 1. The van der Waals surface area contributed by atoms with Gasteiger partial charge in [0, 0.05) is 22.3 Å². The van der Waals surface area contributed by atoms with Gasteiger partial charge in [-0.2, -0.15) is 10.2 Å². The number of hydrogen-bond acceptors (Lipinski definition) is 5. The van der Waals surface area contributed by atoms with Crippen LogP contribution >= 0.6 is 0 Å².